The maximum absolute atomic E-state index is 12.7. The van der Waals surface area contributed by atoms with Gasteiger partial charge < -0.3 is 10.1 Å². The highest BCUT2D eigenvalue weighted by molar-refractivity contribution is 7.89. The van der Waals surface area contributed by atoms with Crippen molar-refractivity contribution in [3.05, 3.63) is 45.6 Å². The molecule has 3 rings (SSSR count). The SMILES string of the molecule is O=C(Nc1ccc(Cl)c(S(=O)(=O)N2CCOCC2)c1)c1ccsc1. The fourth-order valence-corrected chi connectivity index (χ4v) is 4.85. The smallest absolute Gasteiger partial charge is 0.256 e. The van der Waals surface area contributed by atoms with Crippen molar-refractivity contribution < 1.29 is 17.9 Å². The number of ether oxygens (including phenoxy) is 1. The Kier molecular flexibility index (Phi) is 5.21. The van der Waals surface area contributed by atoms with E-state index in [4.69, 9.17) is 16.3 Å². The van der Waals surface area contributed by atoms with Crippen molar-refractivity contribution in [2.45, 2.75) is 4.90 Å². The van der Waals surface area contributed by atoms with Crippen LogP contribution in [0.1, 0.15) is 10.4 Å². The maximum atomic E-state index is 12.7. The lowest BCUT2D eigenvalue weighted by molar-refractivity contribution is 0.0730. The minimum atomic E-state index is -3.73. The molecule has 24 heavy (non-hydrogen) atoms. The van der Waals surface area contributed by atoms with E-state index in [0.29, 0.717) is 24.5 Å². The molecule has 0 radical (unpaired) electrons. The predicted molar refractivity (Wildman–Crippen MR) is 93.3 cm³/mol. The third-order valence-corrected chi connectivity index (χ3v) is 6.62. The van der Waals surface area contributed by atoms with Crippen LogP contribution in [0.25, 0.3) is 0 Å². The third kappa shape index (κ3) is 3.62. The van der Waals surface area contributed by atoms with E-state index >= 15 is 0 Å². The summed E-state index contributed by atoms with van der Waals surface area (Å²) in [7, 11) is -3.73. The van der Waals surface area contributed by atoms with E-state index in [-0.39, 0.29) is 28.9 Å². The molecule has 2 heterocycles. The van der Waals surface area contributed by atoms with Crippen LogP contribution < -0.4 is 5.32 Å². The van der Waals surface area contributed by atoms with Crippen LogP contribution in [0.4, 0.5) is 5.69 Å². The Morgan fingerprint density at radius 1 is 1.25 bits per heavy atom. The molecular weight excluding hydrogens is 372 g/mol. The summed E-state index contributed by atoms with van der Waals surface area (Å²) in [5, 5.41) is 6.32. The molecular formula is C15H15ClN2O4S2. The van der Waals surface area contributed by atoms with E-state index in [2.05, 4.69) is 5.32 Å². The normalized spacial score (nSPS) is 16.0. The van der Waals surface area contributed by atoms with Crippen LogP contribution in [0.3, 0.4) is 0 Å². The molecule has 0 saturated carbocycles. The van der Waals surface area contributed by atoms with Crippen LogP contribution in [0, 0.1) is 0 Å². The van der Waals surface area contributed by atoms with Gasteiger partial charge in [-0.25, -0.2) is 8.42 Å². The maximum Gasteiger partial charge on any atom is 0.256 e. The Labute approximate surface area is 149 Å². The number of amides is 1. The summed E-state index contributed by atoms with van der Waals surface area (Å²) in [4.78, 5) is 12.1. The zero-order chi connectivity index (χ0) is 17.2. The largest absolute Gasteiger partial charge is 0.379 e. The van der Waals surface area contributed by atoms with E-state index in [1.54, 1.807) is 22.9 Å². The van der Waals surface area contributed by atoms with Crippen molar-refractivity contribution >= 4 is 44.6 Å². The fraction of sp³-hybridized carbons (Fsp3) is 0.267. The van der Waals surface area contributed by atoms with Crippen LogP contribution in [-0.2, 0) is 14.8 Å². The summed E-state index contributed by atoms with van der Waals surface area (Å²) in [6, 6.07) is 6.13. The Bertz CT molecular complexity index is 831. The summed E-state index contributed by atoms with van der Waals surface area (Å²) in [5.41, 5.74) is 0.898. The number of hydrogen-bond donors (Lipinski definition) is 1. The van der Waals surface area contributed by atoms with Crippen LogP contribution in [0.5, 0.6) is 0 Å². The molecule has 1 N–H and O–H groups in total. The first-order valence-electron chi connectivity index (χ1n) is 7.19. The van der Waals surface area contributed by atoms with E-state index < -0.39 is 10.0 Å². The average Bonchev–Trinajstić information content (AvgIpc) is 3.12. The van der Waals surface area contributed by atoms with Gasteiger partial charge in [-0.2, -0.15) is 15.6 Å². The van der Waals surface area contributed by atoms with Gasteiger partial charge >= 0.3 is 0 Å². The molecule has 1 fully saturated rings. The number of benzene rings is 1. The highest BCUT2D eigenvalue weighted by atomic mass is 35.5. The van der Waals surface area contributed by atoms with E-state index in [1.807, 2.05) is 0 Å². The second-order valence-corrected chi connectivity index (χ2v) is 8.22. The fourth-order valence-electron chi connectivity index (χ4n) is 2.30. The number of hydrogen-bond acceptors (Lipinski definition) is 5. The lowest BCUT2D eigenvalue weighted by atomic mass is 10.3. The van der Waals surface area contributed by atoms with Crippen molar-refractivity contribution in [1.29, 1.82) is 0 Å². The number of nitrogens with zero attached hydrogens (tertiary/aromatic N) is 1. The summed E-state index contributed by atoms with van der Waals surface area (Å²) in [6.07, 6.45) is 0. The number of rotatable bonds is 4. The molecule has 1 saturated heterocycles. The standard InChI is InChI=1S/C15H15ClN2O4S2/c16-13-2-1-12(17-15(19)11-3-8-23-10-11)9-14(13)24(20,21)18-4-6-22-7-5-18/h1-3,8-10H,4-7H2,(H,17,19). The third-order valence-electron chi connectivity index (χ3n) is 3.56. The van der Waals surface area contributed by atoms with Crippen molar-refractivity contribution in [3.63, 3.8) is 0 Å². The number of thiophene rings is 1. The Balaban J connectivity index is 1.87. The quantitative estimate of drug-likeness (QED) is 0.876. The molecule has 1 aromatic carbocycles. The molecule has 0 aliphatic carbocycles. The van der Waals surface area contributed by atoms with Gasteiger partial charge in [0, 0.05) is 24.2 Å². The number of carbonyl (C=O) groups is 1. The van der Waals surface area contributed by atoms with Crippen molar-refractivity contribution in [2.24, 2.45) is 0 Å². The molecule has 0 atom stereocenters. The summed E-state index contributed by atoms with van der Waals surface area (Å²) >= 11 is 7.50. The Hall–Kier alpha value is -1.45. The molecule has 9 heteroatoms. The molecule has 1 aliphatic rings. The first-order valence-corrected chi connectivity index (χ1v) is 9.95. The molecule has 1 aliphatic heterocycles. The van der Waals surface area contributed by atoms with E-state index in [1.165, 1.54) is 27.8 Å². The number of halogens is 1. The first kappa shape index (κ1) is 17.4. The van der Waals surface area contributed by atoms with Gasteiger partial charge in [-0.05, 0) is 29.6 Å². The zero-order valence-corrected chi connectivity index (χ0v) is 15.0. The summed E-state index contributed by atoms with van der Waals surface area (Å²) in [6.45, 7) is 1.27. The lowest BCUT2D eigenvalue weighted by Gasteiger charge is -2.26. The molecule has 0 bridgehead atoms. The van der Waals surface area contributed by atoms with Gasteiger partial charge in [0.15, 0.2) is 0 Å². The van der Waals surface area contributed by atoms with Gasteiger partial charge in [-0.1, -0.05) is 11.6 Å². The van der Waals surface area contributed by atoms with Crippen LogP contribution >= 0.6 is 22.9 Å². The van der Waals surface area contributed by atoms with Gasteiger partial charge in [0.25, 0.3) is 5.91 Å². The zero-order valence-electron chi connectivity index (χ0n) is 12.6. The number of anilines is 1. The minimum Gasteiger partial charge on any atom is -0.379 e. The molecule has 0 spiro atoms. The highest BCUT2D eigenvalue weighted by Crippen LogP contribution is 2.28. The molecule has 2 aromatic rings. The Morgan fingerprint density at radius 2 is 2.00 bits per heavy atom. The Morgan fingerprint density at radius 3 is 2.67 bits per heavy atom. The van der Waals surface area contributed by atoms with E-state index in [9.17, 15) is 13.2 Å². The van der Waals surface area contributed by atoms with Gasteiger partial charge in [0.05, 0.1) is 23.8 Å². The number of sulfonamides is 1. The number of morpholine rings is 1. The monoisotopic (exact) mass is 386 g/mol. The molecule has 128 valence electrons. The molecule has 1 aromatic heterocycles. The first-order chi connectivity index (χ1) is 11.5. The van der Waals surface area contributed by atoms with Crippen molar-refractivity contribution in [2.75, 3.05) is 31.6 Å². The second-order valence-electron chi connectivity index (χ2n) is 5.13. The van der Waals surface area contributed by atoms with Crippen molar-refractivity contribution in [3.8, 4) is 0 Å². The van der Waals surface area contributed by atoms with Gasteiger partial charge in [0.2, 0.25) is 10.0 Å². The number of nitrogens with one attached hydrogen (secondary N) is 1. The molecule has 0 unspecified atom stereocenters. The van der Waals surface area contributed by atoms with Crippen LogP contribution in [0.15, 0.2) is 39.9 Å². The number of carbonyl (C=O) groups excluding carboxylic acids is 1. The van der Waals surface area contributed by atoms with Gasteiger partial charge in [0.1, 0.15) is 4.90 Å². The highest BCUT2D eigenvalue weighted by Gasteiger charge is 2.28. The summed E-state index contributed by atoms with van der Waals surface area (Å²) in [5.74, 6) is -0.298. The van der Waals surface area contributed by atoms with Gasteiger partial charge in [-0.3, -0.25) is 4.79 Å². The predicted octanol–water partition coefficient (Wildman–Crippen LogP) is 2.67. The topological polar surface area (TPSA) is 75.7 Å². The van der Waals surface area contributed by atoms with Crippen LogP contribution in [-0.4, -0.2) is 44.9 Å². The second kappa shape index (κ2) is 7.20. The molecule has 1 amide bonds. The van der Waals surface area contributed by atoms with Crippen molar-refractivity contribution in [1.82, 2.24) is 4.31 Å². The van der Waals surface area contributed by atoms with Crippen LogP contribution in [0.2, 0.25) is 5.02 Å². The van der Waals surface area contributed by atoms with Gasteiger partial charge in [-0.15, -0.1) is 0 Å². The van der Waals surface area contributed by atoms with E-state index in [0.717, 1.165) is 0 Å². The summed E-state index contributed by atoms with van der Waals surface area (Å²) < 4.78 is 32.0. The molecule has 6 nitrogen and oxygen atoms in total. The minimum absolute atomic E-state index is 0.0193. The average molecular weight is 387 g/mol. The lowest BCUT2D eigenvalue weighted by Crippen LogP contribution is -2.40.